The molecule has 0 saturated carbocycles. The van der Waals surface area contributed by atoms with Gasteiger partial charge in [0.05, 0.1) is 0 Å². The molecule has 0 N–H and O–H groups in total. The van der Waals surface area contributed by atoms with Gasteiger partial charge in [-0.3, -0.25) is 0 Å². The first-order valence-electron chi connectivity index (χ1n) is 12.0. The third kappa shape index (κ3) is 4.72. The van der Waals surface area contributed by atoms with Crippen molar-refractivity contribution in [3.8, 4) is 0 Å². The molecule has 2 aromatic carbocycles. The van der Waals surface area contributed by atoms with E-state index in [0.717, 1.165) is 0 Å². The second-order valence-electron chi connectivity index (χ2n) is 9.84. The van der Waals surface area contributed by atoms with Crippen molar-refractivity contribution < 1.29 is 0 Å². The van der Waals surface area contributed by atoms with Gasteiger partial charge < -0.3 is 9.80 Å². The summed E-state index contributed by atoms with van der Waals surface area (Å²) in [5, 5.41) is 0. The van der Waals surface area contributed by atoms with Crippen molar-refractivity contribution in [1.82, 2.24) is 9.80 Å². The van der Waals surface area contributed by atoms with Gasteiger partial charge >= 0.3 is 0 Å². The van der Waals surface area contributed by atoms with Gasteiger partial charge in [0.2, 0.25) is 0 Å². The predicted octanol–water partition coefficient (Wildman–Crippen LogP) is 7.69. The molecule has 174 valence electrons. The van der Waals surface area contributed by atoms with Crippen molar-refractivity contribution in [3.63, 3.8) is 0 Å². The maximum Gasteiger partial charge on any atom is 0.0116 e. The summed E-state index contributed by atoms with van der Waals surface area (Å²) in [6.45, 7) is 13.2. The first kappa shape index (κ1) is 23.6. The summed E-state index contributed by atoms with van der Waals surface area (Å²) in [5.41, 5.74) is 15.5. The Hall–Kier alpha value is -3.52. The van der Waals surface area contributed by atoms with E-state index in [1.807, 2.05) is 0 Å². The van der Waals surface area contributed by atoms with E-state index >= 15 is 0 Å². The van der Waals surface area contributed by atoms with Crippen molar-refractivity contribution >= 4 is 11.1 Å². The fourth-order valence-electron chi connectivity index (χ4n) is 5.32. The van der Waals surface area contributed by atoms with Crippen molar-refractivity contribution in [2.75, 3.05) is 14.1 Å². The molecular formula is C32H36N2. The molecule has 0 amide bonds. The Morgan fingerprint density at radius 2 is 0.853 bits per heavy atom. The van der Waals surface area contributed by atoms with Crippen LogP contribution >= 0.6 is 0 Å². The monoisotopic (exact) mass is 448 g/mol. The largest absolute Gasteiger partial charge is 0.357 e. The molecule has 0 spiro atoms. The van der Waals surface area contributed by atoms with Crippen LogP contribution in [-0.4, -0.2) is 23.9 Å². The van der Waals surface area contributed by atoms with E-state index in [9.17, 15) is 0 Å². The Labute approximate surface area is 205 Å². The molecular weight excluding hydrogens is 412 g/mol. The van der Waals surface area contributed by atoms with Crippen LogP contribution in [0.3, 0.4) is 0 Å². The maximum absolute atomic E-state index is 2.28. The fourth-order valence-corrected chi connectivity index (χ4v) is 5.32. The number of allylic oxidation sites excluding steroid dienone is 8. The average molecular weight is 449 g/mol. The van der Waals surface area contributed by atoms with Crippen LogP contribution in [0.4, 0.5) is 0 Å². The quantitative estimate of drug-likeness (QED) is 0.475. The lowest BCUT2D eigenvalue weighted by Crippen LogP contribution is -2.10. The van der Waals surface area contributed by atoms with Crippen LogP contribution in [0.15, 0.2) is 84.5 Å². The van der Waals surface area contributed by atoms with E-state index in [4.69, 9.17) is 0 Å². The van der Waals surface area contributed by atoms with Gasteiger partial charge in [0.1, 0.15) is 0 Å². The fraction of sp³-hybridized carbons (Fsp3) is 0.250. The van der Waals surface area contributed by atoms with Crippen LogP contribution in [0, 0.1) is 41.5 Å². The molecule has 2 heteroatoms. The average Bonchev–Trinajstić information content (AvgIpc) is 2.73. The summed E-state index contributed by atoms with van der Waals surface area (Å²) < 4.78 is 0. The van der Waals surface area contributed by atoms with E-state index in [-0.39, 0.29) is 0 Å². The first-order valence-corrected chi connectivity index (χ1v) is 12.0. The highest BCUT2D eigenvalue weighted by molar-refractivity contribution is 5.88. The highest BCUT2D eigenvalue weighted by atomic mass is 15.1. The highest BCUT2D eigenvalue weighted by Crippen LogP contribution is 2.36. The lowest BCUT2D eigenvalue weighted by Gasteiger charge is -2.24. The molecule has 34 heavy (non-hydrogen) atoms. The summed E-state index contributed by atoms with van der Waals surface area (Å²) in [4.78, 5) is 4.27. The Morgan fingerprint density at radius 3 is 1.18 bits per heavy atom. The lowest BCUT2D eigenvalue weighted by molar-refractivity contribution is 0.622. The Morgan fingerprint density at radius 1 is 0.529 bits per heavy atom. The van der Waals surface area contributed by atoms with Crippen LogP contribution in [0.25, 0.3) is 11.1 Å². The number of hydrogen-bond donors (Lipinski definition) is 0. The summed E-state index contributed by atoms with van der Waals surface area (Å²) >= 11 is 0. The third-order valence-corrected chi connectivity index (χ3v) is 6.60. The number of hydrogen-bond acceptors (Lipinski definition) is 2. The van der Waals surface area contributed by atoms with E-state index in [1.165, 1.54) is 66.8 Å². The van der Waals surface area contributed by atoms with Gasteiger partial charge in [-0.05, 0) is 98.2 Å². The van der Waals surface area contributed by atoms with E-state index in [2.05, 4.69) is 139 Å². The Bertz CT molecular complexity index is 1180. The summed E-state index contributed by atoms with van der Waals surface area (Å²) in [5.74, 6) is 0. The molecule has 2 aliphatic rings. The van der Waals surface area contributed by atoms with Crippen LogP contribution in [0.5, 0.6) is 0 Å². The minimum absolute atomic E-state index is 1.23. The van der Waals surface area contributed by atoms with Gasteiger partial charge in [-0.25, -0.2) is 0 Å². The summed E-state index contributed by atoms with van der Waals surface area (Å²) in [6.07, 6.45) is 17.7. The predicted molar refractivity (Wildman–Crippen MR) is 147 cm³/mol. The minimum Gasteiger partial charge on any atom is -0.357 e. The summed E-state index contributed by atoms with van der Waals surface area (Å²) in [7, 11) is 4.18. The Balaban J connectivity index is 1.81. The highest BCUT2D eigenvalue weighted by Gasteiger charge is 2.18. The number of benzene rings is 2. The van der Waals surface area contributed by atoms with E-state index < -0.39 is 0 Å². The first-order chi connectivity index (χ1) is 16.1. The van der Waals surface area contributed by atoms with Gasteiger partial charge in [0.15, 0.2) is 0 Å². The SMILES string of the molecule is Cc1cc(C)c(C2=CN(C)C=C/C2=C\C=C2/C=CN(C)C=C2c2c(C)cc(C)cc2C)c(C)c1. The van der Waals surface area contributed by atoms with Crippen LogP contribution in [0.1, 0.15) is 44.5 Å². The van der Waals surface area contributed by atoms with Gasteiger partial charge in [-0.2, -0.15) is 0 Å². The molecule has 0 unspecified atom stereocenters. The zero-order valence-electron chi connectivity index (χ0n) is 21.8. The topological polar surface area (TPSA) is 6.48 Å². The zero-order valence-corrected chi connectivity index (χ0v) is 21.8. The third-order valence-electron chi connectivity index (χ3n) is 6.60. The smallest absolute Gasteiger partial charge is 0.0116 e. The molecule has 2 aliphatic heterocycles. The standard InChI is InChI=1S/C32H36N2/c1-21-15-23(3)31(24(4)16-21)29-19-33(7)13-11-27(29)9-10-28-12-14-34(8)20-30(28)32-25(5)17-22(2)18-26(32)6/h9-20H,1-8H3/b27-9+,28-10+. The van der Waals surface area contributed by atoms with Crippen molar-refractivity contribution in [1.29, 1.82) is 0 Å². The van der Waals surface area contributed by atoms with Crippen LogP contribution in [0.2, 0.25) is 0 Å². The molecule has 0 radical (unpaired) electrons. The molecule has 2 heterocycles. The second kappa shape index (κ2) is 9.38. The minimum atomic E-state index is 1.23. The normalized spacial score (nSPS) is 18.1. The van der Waals surface area contributed by atoms with Crippen LogP contribution in [-0.2, 0) is 0 Å². The van der Waals surface area contributed by atoms with Crippen molar-refractivity contribution in [3.05, 3.63) is 129 Å². The molecule has 2 nitrogen and oxygen atoms in total. The molecule has 0 aliphatic carbocycles. The van der Waals surface area contributed by atoms with E-state index in [0.29, 0.717) is 0 Å². The zero-order chi connectivity index (χ0) is 24.6. The van der Waals surface area contributed by atoms with Gasteiger partial charge in [-0.15, -0.1) is 0 Å². The molecule has 0 bridgehead atoms. The van der Waals surface area contributed by atoms with Gasteiger partial charge in [-0.1, -0.05) is 47.5 Å². The number of nitrogens with zero attached hydrogens (tertiary/aromatic N) is 2. The lowest BCUT2D eigenvalue weighted by atomic mass is 9.87. The molecule has 0 aromatic heterocycles. The van der Waals surface area contributed by atoms with Crippen molar-refractivity contribution in [2.24, 2.45) is 0 Å². The molecule has 0 atom stereocenters. The van der Waals surface area contributed by atoms with Crippen LogP contribution < -0.4 is 0 Å². The molecule has 0 fully saturated rings. The number of rotatable bonds is 3. The van der Waals surface area contributed by atoms with Gasteiger partial charge in [0.25, 0.3) is 0 Å². The molecule has 0 saturated heterocycles. The molecule has 4 rings (SSSR count). The number of aryl methyl sites for hydroxylation is 6. The van der Waals surface area contributed by atoms with Gasteiger partial charge in [0, 0.05) is 50.0 Å². The van der Waals surface area contributed by atoms with Crippen molar-refractivity contribution in [2.45, 2.75) is 41.5 Å². The summed E-state index contributed by atoms with van der Waals surface area (Å²) in [6, 6.07) is 9.12. The molecule has 2 aromatic rings. The Kier molecular flexibility index (Phi) is 6.52. The second-order valence-corrected chi connectivity index (χ2v) is 9.84. The van der Waals surface area contributed by atoms with E-state index in [1.54, 1.807) is 0 Å². The maximum atomic E-state index is 2.28.